The molecule has 6 heteroatoms. The number of carbonyl (C=O) groups is 2. The number of carbonyl (C=O) groups excluding carboxylic acids is 1. The largest absolute Gasteiger partial charge is 0.508 e. The van der Waals surface area contributed by atoms with E-state index in [9.17, 15) is 24.9 Å². The van der Waals surface area contributed by atoms with Gasteiger partial charge >= 0.3 is 5.97 Å². The van der Waals surface area contributed by atoms with Gasteiger partial charge in [0.15, 0.2) is 5.78 Å². The zero-order valence-electron chi connectivity index (χ0n) is 14.0. The molecular formula is C20H17NO5. The molecule has 0 fully saturated rings. The van der Waals surface area contributed by atoms with Crippen LogP contribution in [0.5, 0.6) is 11.5 Å². The first kappa shape index (κ1) is 17.4. The van der Waals surface area contributed by atoms with Gasteiger partial charge in [0.05, 0.1) is 17.5 Å². The highest BCUT2D eigenvalue weighted by molar-refractivity contribution is 5.98. The van der Waals surface area contributed by atoms with Crippen molar-refractivity contribution in [3.05, 3.63) is 65.4 Å². The van der Waals surface area contributed by atoms with E-state index < -0.39 is 17.6 Å². The molecule has 0 saturated heterocycles. The molecule has 0 spiro atoms. The molecule has 132 valence electrons. The molecule has 1 heterocycles. The second-order valence-corrected chi connectivity index (χ2v) is 6.02. The van der Waals surface area contributed by atoms with Crippen LogP contribution in [-0.2, 0) is 4.79 Å². The predicted molar refractivity (Wildman–Crippen MR) is 95.6 cm³/mol. The highest BCUT2D eigenvalue weighted by Crippen LogP contribution is 2.43. The summed E-state index contributed by atoms with van der Waals surface area (Å²) < 4.78 is 0. The standard InChI is InChI=1S/C20H17NO5/c1-11(22)12-6-7-17(23)19(20(12)26)15(10-18(24)25)13-8-9-21-16-5-3-2-4-14(13)16/h2-9,15,23,26H,10H2,1H3,(H,24,25)/t15-/m0/s1. The van der Waals surface area contributed by atoms with Crippen molar-refractivity contribution in [2.75, 3.05) is 0 Å². The molecule has 6 nitrogen and oxygen atoms in total. The smallest absolute Gasteiger partial charge is 0.304 e. The Morgan fingerprint density at radius 2 is 1.81 bits per heavy atom. The molecule has 0 saturated carbocycles. The van der Waals surface area contributed by atoms with E-state index in [2.05, 4.69) is 4.98 Å². The molecule has 2 aromatic carbocycles. The Morgan fingerprint density at radius 3 is 2.50 bits per heavy atom. The number of nitrogens with zero attached hydrogens (tertiary/aromatic N) is 1. The summed E-state index contributed by atoms with van der Waals surface area (Å²) in [5, 5.41) is 31.0. The van der Waals surface area contributed by atoms with Crippen molar-refractivity contribution in [2.24, 2.45) is 0 Å². The van der Waals surface area contributed by atoms with Crippen molar-refractivity contribution in [1.29, 1.82) is 0 Å². The van der Waals surface area contributed by atoms with E-state index in [-0.39, 0.29) is 29.1 Å². The lowest BCUT2D eigenvalue weighted by Crippen LogP contribution is -2.10. The van der Waals surface area contributed by atoms with Crippen LogP contribution in [0.1, 0.15) is 40.7 Å². The van der Waals surface area contributed by atoms with Crippen molar-refractivity contribution in [3.8, 4) is 11.5 Å². The topological polar surface area (TPSA) is 108 Å². The minimum Gasteiger partial charge on any atom is -0.508 e. The highest BCUT2D eigenvalue weighted by Gasteiger charge is 2.28. The Labute approximate surface area is 149 Å². The zero-order valence-corrected chi connectivity index (χ0v) is 14.0. The van der Waals surface area contributed by atoms with E-state index in [1.54, 1.807) is 30.5 Å². The summed E-state index contributed by atoms with van der Waals surface area (Å²) in [6.45, 7) is 1.30. The van der Waals surface area contributed by atoms with E-state index in [1.165, 1.54) is 19.1 Å². The predicted octanol–water partition coefficient (Wildman–Crippen LogP) is 3.46. The van der Waals surface area contributed by atoms with Crippen molar-refractivity contribution in [2.45, 2.75) is 19.3 Å². The van der Waals surface area contributed by atoms with Crippen LogP contribution in [-0.4, -0.2) is 32.1 Å². The van der Waals surface area contributed by atoms with Crippen molar-refractivity contribution in [1.82, 2.24) is 4.98 Å². The first-order valence-electron chi connectivity index (χ1n) is 8.01. The Bertz CT molecular complexity index is 1010. The van der Waals surface area contributed by atoms with Crippen LogP contribution in [0.15, 0.2) is 48.7 Å². The number of aromatic hydroxyl groups is 2. The Balaban J connectivity index is 2.30. The average Bonchev–Trinajstić information content (AvgIpc) is 2.59. The summed E-state index contributed by atoms with van der Waals surface area (Å²) >= 11 is 0. The van der Waals surface area contributed by atoms with Crippen LogP contribution < -0.4 is 0 Å². The van der Waals surface area contributed by atoms with Crippen LogP contribution in [0.25, 0.3) is 10.9 Å². The second-order valence-electron chi connectivity index (χ2n) is 6.02. The maximum atomic E-state index is 11.8. The van der Waals surface area contributed by atoms with Crippen LogP contribution >= 0.6 is 0 Å². The molecule has 0 aliphatic carbocycles. The number of carboxylic acids is 1. The lowest BCUT2D eigenvalue weighted by Gasteiger charge is -2.21. The van der Waals surface area contributed by atoms with Crippen LogP contribution in [0, 0.1) is 0 Å². The number of phenolic OH excluding ortho intramolecular Hbond substituents is 2. The number of ketones is 1. The zero-order chi connectivity index (χ0) is 18.8. The van der Waals surface area contributed by atoms with Gasteiger partial charge in [-0.25, -0.2) is 0 Å². The fourth-order valence-corrected chi connectivity index (χ4v) is 3.19. The molecule has 0 amide bonds. The molecule has 3 rings (SSSR count). The third kappa shape index (κ3) is 3.09. The van der Waals surface area contributed by atoms with Gasteiger partial charge in [-0.05, 0) is 36.8 Å². The number of Topliss-reactive ketones (excluding diaryl/α,β-unsaturated/α-hetero) is 1. The third-order valence-corrected chi connectivity index (χ3v) is 4.36. The molecule has 0 bridgehead atoms. The van der Waals surface area contributed by atoms with Gasteiger partial charge in [0.25, 0.3) is 0 Å². The maximum absolute atomic E-state index is 11.8. The first-order valence-corrected chi connectivity index (χ1v) is 8.01. The number of fused-ring (bicyclic) bond motifs is 1. The van der Waals surface area contributed by atoms with Crippen LogP contribution in [0.2, 0.25) is 0 Å². The van der Waals surface area contributed by atoms with Crippen molar-refractivity contribution < 1.29 is 24.9 Å². The van der Waals surface area contributed by atoms with Gasteiger partial charge in [-0.15, -0.1) is 0 Å². The van der Waals surface area contributed by atoms with Crippen molar-refractivity contribution in [3.63, 3.8) is 0 Å². The van der Waals surface area contributed by atoms with Gasteiger partial charge in [0, 0.05) is 23.1 Å². The molecule has 0 radical (unpaired) electrons. The van der Waals surface area contributed by atoms with E-state index in [1.807, 2.05) is 6.07 Å². The minimum absolute atomic E-state index is 0.0245. The summed E-state index contributed by atoms with van der Waals surface area (Å²) in [7, 11) is 0. The van der Waals surface area contributed by atoms with Crippen molar-refractivity contribution >= 4 is 22.7 Å². The molecule has 0 unspecified atom stereocenters. The Kier molecular flexibility index (Phi) is 4.58. The quantitative estimate of drug-likeness (QED) is 0.608. The summed E-state index contributed by atoms with van der Waals surface area (Å²) in [5.41, 5.74) is 1.33. The lowest BCUT2D eigenvalue weighted by molar-refractivity contribution is -0.137. The van der Waals surface area contributed by atoms with Gasteiger partial charge in [-0.3, -0.25) is 14.6 Å². The maximum Gasteiger partial charge on any atom is 0.304 e. The van der Waals surface area contributed by atoms with Gasteiger partial charge in [0.2, 0.25) is 0 Å². The number of para-hydroxylation sites is 1. The normalized spacial score (nSPS) is 12.0. The lowest BCUT2D eigenvalue weighted by atomic mass is 9.84. The number of rotatable bonds is 5. The number of hydrogen-bond acceptors (Lipinski definition) is 5. The van der Waals surface area contributed by atoms with E-state index in [0.717, 1.165) is 0 Å². The molecule has 0 aliphatic heterocycles. The number of pyridine rings is 1. The number of benzene rings is 2. The van der Waals surface area contributed by atoms with Crippen LogP contribution in [0.3, 0.4) is 0 Å². The van der Waals surface area contributed by atoms with Gasteiger partial charge in [-0.2, -0.15) is 0 Å². The highest BCUT2D eigenvalue weighted by atomic mass is 16.4. The summed E-state index contributed by atoms with van der Waals surface area (Å²) in [4.78, 5) is 27.5. The molecule has 1 atom stereocenters. The molecule has 26 heavy (non-hydrogen) atoms. The Hall–Kier alpha value is -3.41. The summed E-state index contributed by atoms with van der Waals surface area (Å²) in [6.07, 6.45) is 1.19. The molecule has 0 aliphatic rings. The van der Waals surface area contributed by atoms with Gasteiger partial charge < -0.3 is 15.3 Å². The SMILES string of the molecule is CC(=O)c1ccc(O)c([C@@H](CC(=O)O)c2ccnc3ccccc23)c1O. The second kappa shape index (κ2) is 6.84. The number of phenols is 2. The van der Waals surface area contributed by atoms with Crippen LogP contribution in [0.4, 0.5) is 0 Å². The monoisotopic (exact) mass is 351 g/mol. The number of aromatic nitrogens is 1. The van der Waals surface area contributed by atoms with Gasteiger partial charge in [0.1, 0.15) is 11.5 Å². The van der Waals surface area contributed by atoms with E-state index >= 15 is 0 Å². The minimum atomic E-state index is -1.09. The summed E-state index contributed by atoms with van der Waals surface area (Å²) in [5.74, 6) is -2.98. The van der Waals surface area contributed by atoms with E-state index in [4.69, 9.17) is 0 Å². The number of aliphatic carboxylic acids is 1. The molecule has 3 aromatic rings. The Morgan fingerprint density at radius 1 is 1.08 bits per heavy atom. The fourth-order valence-electron chi connectivity index (χ4n) is 3.19. The third-order valence-electron chi connectivity index (χ3n) is 4.36. The molecule has 1 aromatic heterocycles. The van der Waals surface area contributed by atoms with Gasteiger partial charge in [-0.1, -0.05) is 18.2 Å². The summed E-state index contributed by atoms with van der Waals surface area (Å²) in [6, 6.07) is 11.5. The first-order chi connectivity index (χ1) is 12.4. The molecule has 3 N–H and O–H groups in total. The number of hydrogen-bond donors (Lipinski definition) is 3. The fraction of sp³-hybridized carbons (Fsp3) is 0.150. The molecular weight excluding hydrogens is 334 g/mol. The van der Waals surface area contributed by atoms with E-state index in [0.29, 0.717) is 16.5 Å². The average molecular weight is 351 g/mol. The number of carboxylic acid groups (broad SMARTS) is 1.